The van der Waals surface area contributed by atoms with Crippen molar-refractivity contribution in [3.63, 3.8) is 0 Å². The Labute approximate surface area is 82.9 Å². The Morgan fingerprint density at radius 3 is 2.79 bits per heavy atom. The molecule has 72 valence electrons. The average Bonchev–Trinajstić information content (AvgIpc) is 2.18. The molecule has 0 radical (unpaired) electrons. The van der Waals surface area contributed by atoms with E-state index in [0.717, 1.165) is 0 Å². The van der Waals surface area contributed by atoms with E-state index >= 15 is 0 Å². The van der Waals surface area contributed by atoms with Crippen molar-refractivity contribution in [3.8, 4) is 6.07 Å². The summed E-state index contributed by atoms with van der Waals surface area (Å²) in [6.45, 7) is 0. The van der Waals surface area contributed by atoms with Crippen LogP contribution in [0.4, 0.5) is 0 Å². The largest absolute Gasteiger partial charge is 0.224 e. The van der Waals surface area contributed by atoms with Crippen LogP contribution in [-0.2, 0) is 9.84 Å². The van der Waals surface area contributed by atoms with Crippen LogP contribution in [0.25, 0.3) is 0 Å². The van der Waals surface area contributed by atoms with E-state index in [9.17, 15) is 8.42 Å². The van der Waals surface area contributed by atoms with Crippen molar-refractivity contribution in [2.75, 3.05) is 5.75 Å². The van der Waals surface area contributed by atoms with Crippen LogP contribution >= 0.6 is 0 Å². The van der Waals surface area contributed by atoms with Gasteiger partial charge < -0.3 is 0 Å². The molecule has 0 N–H and O–H groups in total. The highest BCUT2D eigenvalue weighted by Crippen LogP contribution is 2.32. The third-order valence-electron chi connectivity index (χ3n) is 2.46. The number of fused-ring (bicyclic) bond motifs is 1. The molecule has 4 heteroatoms. The molecule has 1 aromatic rings. The van der Waals surface area contributed by atoms with Gasteiger partial charge in [0.1, 0.15) is 0 Å². The van der Waals surface area contributed by atoms with E-state index in [2.05, 4.69) is 6.07 Å². The Kier molecular flexibility index (Phi) is 2.05. The van der Waals surface area contributed by atoms with E-state index in [1.165, 1.54) is 0 Å². The maximum atomic E-state index is 11.6. The Hall–Kier alpha value is -1.34. The first-order chi connectivity index (χ1) is 6.65. The quantitative estimate of drug-likeness (QED) is 0.647. The highest BCUT2D eigenvalue weighted by atomic mass is 32.2. The highest BCUT2D eigenvalue weighted by molar-refractivity contribution is 7.91. The van der Waals surface area contributed by atoms with E-state index in [0.29, 0.717) is 16.9 Å². The summed E-state index contributed by atoms with van der Waals surface area (Å²) in [7, 11) is -3.14. The number of rotatable bonds is 0. The molecule has 1 heterocycles. The first kappa shape index (κ1) is 9.22. The predicted octanol–water partition coefficient (Wildman–Crippen LogP) is 1.47. The molecule has 0 aliphatic carbocycles. The molecule has 0 saturated heterocycles. The molecule has 1 atom stereocenters. The van der Waals surface area contributed by atoms with E-state index in [1.807, 2.05) is 0 Å². The molecular weight excluding hydrogens is 198 g/mol. The summed E-state index contributed by atoms with van der Waals surface area (Å²) in [6, 6.07) is 8.89. The van der Waals surface area contributed by atoms with Crippen LogP contribution < -0.4 is 0 Å². The van der Waals surface area contributed by atoms with Gasteiger partial charge in [0.05, 0.1) is 22.6 Å². The minimum absolute atomic E-state index is 0.0856. The molecular formula is C10H9NO2S. The van der Waals surface area contributed by atoms with Crippen molar-refractivity contribution in [1.29, 1.82) is 5.26 Å². The summed E-state index contributed by atoms with van der Waals surface area (Å²) < 4.78 is 23.3. The van der Waals surface area contributed by atoms with Crippen LogP contribution in [0.2, 0.25) is 0 Å². The smallest absolute Gasteiger partial charge is 0.178 e. The van der Waals surface area contributed by atoms with Crippen LogP contribution in [-0.4, -0.2) is 14.2 Å². The van der Waals surface area contributed by atoms with Crippen molar-refractivity contribution in [2.24, 2.45) is 0 Å². The first-order valence-electron chi connectivity index (χ1n) is 4.36. The molecule has 14 heavy (non-hydrogen) atoms. The van der Waals surface area contributed by atoms with Gasteiger partial charge in [0.2, 0.25) is 0 Å². The molecule has 0 bridgehead atoms. The molecule has 0 spiro atoms. The number of nitrogens with zero attached hydrogens (tertiary/aromatic N) is 1. The van der Waals surface area contributed by atoms with E-state index < -0.39 is 9.84 Å². The fourth-order valence-electron chi connectivity index (χ4n) is 1.72. The second kappa shape index (κ2) is 3.10. The number of hydrogen-bond acceptors (Lipinski definition) is 3. The average molecular weight is 207 g/mol. The molecule has 1 aromatic carbocycles. The minimum Gasteiger partial charge on any atom is -0.224 e. The Morgan fingerprint density at radius 1 is 1.36 bits per heavy atom. The topological polar surface area (TPSA) is 57.9 Å². The zero-order valence-corrected chi connectivity index (χ0v) is 8.29. The number of hydrogen-bond donors (Lipinski definition) is 0. The van der Waals surface area contributed by atoms with E-state index in [4.69, 9.17) is 5.26 Å². The zero-order chi connectivity index (χ0) is 10.2. The van der Waals surface area contributed by atoms with Crippen molar-refractivity contribution in [2.45, 2.75) is 17.2 Å². The van der Waals surface area contributed by atoms with Gasteiger partial charge in [0, 0.05) is 0 Å². The van der Waals surface area contributed by atoms with Gasteiger partial charge in [-0.25, -0.2) is 8.42 Å². The molecule has 0 saturated carbocycles. The molecule has 3 nitrogen and oxygen atoms in total. The van der Waals surface area contributed by atoms with Crippen molar-refractivity contribution in [1.82, 2.24) is 0 Å². The number of sulfone groups is 1. The fraction of sp³-hybridized carbons (Fsp3) is 0.300. The monoisotopic (exact) mass is 207 g/mol. The van der Waals surface area contributed by atoms with Crippen LogP contribution in [0.1, 0.15) is 17.9 Å². The minimum atomic E-state index is -3.14. The standard InChI is InChI=1S/C10H9NO2S/c11-7-8-5-6-14(12,13)10-4-2-1-3-9(8)10/h1-4,8H,5-6H2. The third kappa shape index (κ3) is 1.30. The van der Waals surface area contributed by atoms with Crippen molar-refractivity contribution in [3.05, 3.63) is 29.8 Å². The van der Waals surface area contributed by atoms with Gasteiger partial charge in [-0.1, -0.05) is 18.2 Å². The van der Waals surface area contributed by atoms with Crippen LogP contribution in [0.3, 0.4) is 0 Å². The summed E-state index contributed by atoms with van der Waals surface area (Å²) in [5, 5.41) is 8.86. The first-order valence-corrected chi connectivity index (χ1v) is 6.01. The van der Waals surface area contributed by atoms with Gasteiger partial charge in [0.25, 0.3) is 0 Å². The van der Waals surface area contributed by atoms with Gasteiger partial charge in [-0.15, -0.1) is 0 Å². The Balaban J connectivity index is 2.68. The van der Waals surface area contributed by atoms with Crippen molar-refractivity contribution < 1.29 is 8.42 Å². The van der Waals surface area contributed by atoms with Gasteiger partial charge >= 0.3 is 0 Å². The van der Waals surface area contributed by atoms with Gasteiger partial charge in [-0.3, -0.25) is 0 Å². The normalized spacial score (nSPS) is 23.5. The van der Waals surface area contributed by atoms with Crippen LogP contribution in [0.15, 0.2) is 29.2 Å². The van der Waals surface area contributed by atoms with Crippen LogP contribution in [0.5, 0.6) is 0 Å². The molecule has 1 unspecified atom stereocenters. The fourth-order valence-corrected chi connectivity index (χ4v) is 3.35. The molecule has 1 aliphatic heterocycles. The Bertz CT molecular complexity index is 499. The third-order valence-corrected chi connectivity index (χ3v) is 4.28. The number of nitriles is 1. The maximum Gasteiger partial charge on any atom is 0.178 e. The second-order valence-corrected chi connectivity index (χ2v) is 5.40. The van der Waals surface area contributed by atoms with Crippen LogP contribution in [0, 0.1) is 11.3 Å². The SMILES string of the molecule is N#CC1CCS(=O)(=O)c2ccccc21. The maximum absolute atomic E-state index is 11.6. The molecule has 2 rings (SSSR count). The summed E-state index contributed by atoms with van der Waals surface area (Å²) in [4.78, 5) is 0.331. The zero-order valence-electron chi connectivity index (χ0n) is 7.47. The van der Waals surface area contributed by atoms with Crippen molar-refractivity contribution >= 4 is 9.84 Å². The van der Waals surface area contributed by atoms with Gasteiger partial charge in [-0.05, 0) is 18.1 Å². The lowest BCUT2D eigenvalue weighted by Crippen LogP contribution is -2.19. The summed E-state index contributed by atoms with van der Waals surface area (Å²) in [6.07, 6.45) is 0.413. The summed E-state index contributed by atoms with van der Waals surface area (Å²) >= 11 is 0. The lowest BCUT2D eigenvalue weighted by Gasteiger charge is -2.19. The molecule has 0 amide bonds. The molecule has 0 fully saturated rings. The van der Waals surface area contributed by atoms with E-state index in [-0.39, 0.29) is 11.7 Å². The van der Waals surface area contributed by atoms with E-state index in [1.54, 1.807) is 24.3 Å². The predicted molar refractivity (Wildman–Crippen MR) is 51.5 cm³/mol. The molecule has 0 aromatic heterocycles. The Morgan fingerprint density at radius 2 is 2.07 bits per heavy atom. The molecule has 1 aliphatic rings. The second-order valence-electron chi connectivity index (χ2n) is 3.33. The summed E-state index contributed by atoms with van der Waals surface area (Å²) in [5.74, 6) is -0.183. The highest BCUT2D eigenvalue weighted by Gasteiger charge is 2.29. The lowest BCUT2D eigenvalue weighted by molar-refractivity contribution is 0.582. The lowest BCUT2D eigenvalue weighted by atomic mass is 9.98. The van der Waals surface area contributed by atoms with Gasteiger partial charge in [0.15, 0.2) is 9.84 Å². The number of benzene rings is 1. The summed E-state index contributed by atoms with van der Waals surface area (Å²) in [5.41, 5.74) is 0.654. The van der Waals surface area contributed by atoms with Gasteiger partial charge in [-0.2, -0.15) is 5.26 Å².